The van der Waals surface area contributed by atoms with Crippen molar-refractivity contribution in [2.45, 2.75) is 18.9 Å². The Morgan fingerprint density at radius 2 is 2.40 bits per heavy atom. The monoisotopic (exact) mass is 207 g/mol. The number of hydrogen-bond acceptors (Lipinski definition) is 4. The molecule has 1 aliphatic rings. The molecule has 4 nitrogen and oxygen atoms in total. The maximum absolute atomic E-state index is 11.2. The summed E-state index contributed by atoms with van der Waals surface area (Å²) in [7, 11) is 0. The summed E-state index contributed by atoms with van der Waals surface area (Å²) in [5, 5.41) is 18.7. The van der Waals surface area contributed by atoms with Gasteiger partial charge in [0.1, 0.15) is 6.07 Å². The van der Waals surface area contributed by atoms with Crippen molar-refractivity contribution in [3.63, 3.8) is 0 Å². The first-order chi connectivity index (χ1) is 7.12. The number of rotatable bonds is 3. The van der Waals surface area contributed by atoms with Crippen LogP contribution in [0.3, 0.4) is 0 Å². The Balaban J connectivity index is 2.69. The van der Waals surface area contributed by atoms with E-state index in [9.17, 15) is 9.90 Å². The summed E-state index contributed by atoms with van der Waals surface area (Å²) in [6.07, 6.45) is 6.33. The van der Waals surface area contributed by atoms with Crippen LogP contribution in [0.2, 0.25) is 0 Å². The lowest BCUT2D eigenvalue weighted by atomic mass is 9.83. The zero-order valence-corrected chi connectivity index (χ0v) is 8.51. The Kier molecular flexibility index (Phi) is 3.64. The minimum Gasteiger partial charge on any atom is -0.466 e. The number of carbonyl (C=O) groups excluding carboxylic acids is 1. The topological polar surface area (TPSA) is 70.3 Å². The van der Waals surface area contributed by atoms with Crippen LogP contribution in [0.4, 0.5) is 0 Å². The fraction of sp³-hybridized carbons (Fsp3) is 0.455. The van der Waals surface area contributed by atoms with Gasteiger partial charge in [0.05, 0.1) is 13.0 Å². The van der Waals surface area contributed by atoms with E-state index < -0.39 is 17.5 Å². The van der Waals surface area contributed by atoms with Crippen LogP contribution in [0.1, 0.15) is 13.3 Å². The molecule has 1 N–H and O–H groups in total. The van der Waals surface area contributed by atoms with Gasteiger partial charge in [0.15, 0.2) is 5.60 Å². The van der Waals surface area contributed by atoms with Crippen molar-refractivity contribution in [1.82, 2.24) is 0 Å². The zero-order valence-electron chi connectivity index (χ0n) is 8.51. The highest BCUT2D eigenvalue weighted by Crippen LogP contribution is 2.27. The first kappa shape index (κ1) is 11.5. The van der Waals surface area contributed by atoms with E-state index in [4.69, 9.17) is 10.00 Å². The second kappa shape index (κ2) is 4.76. The number of esters is 1. The van der Waals surface area contributed by atoms with E-state index in [1.807, 2.05) is 0 Å². The van der Waals surface area contributed by atoms with Gasteiger partial charge in [-0.2, -0.15) is 5.26 Å². The molecule has 0 spiro atoms. The standard InChI is InChI=1S/C11H13NO3/c1-2-15-10(13)7-9-5-3-4-6-11(9,14)8-12/h3-6,9,14H,2,7H2,1H3. The summed E-state index contributed by atoms with van der Waals surface area (Å²) < 4.78 is 4.77. The molecule has 0 aromatic rings. The normalized spacial score (nSPS) is 28.5. The molecule has 0 aliphatic heterocycles. The second-order valence-electron chi connectivity index (χ2n) is 3.30. The molecule has 0 bridgehead atoms. The molecule has 0 aromatic carbocycles. The first-order valence-electron chi connectivity index (χ1n) is 4.77. The van der Waals surface area contributed by atoms with Crippen molar-refractivity contribution in [2.24, 2.45) is 5.92 Å². The van der Waals surface area contributed by atoms with E-state index in [2.05, 4.69) is 0 Å². The van der Waals surface area contributed by atoms with Crippen molar-refractivity contribution in [3.05, 3.63) is 24.3 Å². The second-order valence-corrected chi connectivity index (χ2v) is 3.30. The Hall–Kier alpha value is -1.60. The number of ether oxygens (including phenoxy) is 1. The van der Waals surface area contributed by atoms with Crippen molar-refractivity contribution in [1.29, 1.82) is 5.26 Å². The van der Waals surface area contributed by atoms with Crippen LogP contribution in [0, 0.1) is 17.2 Å². The first-order valence-corrected chi connectivity index (χ1v) is 4.77. The minimum atomic E-state index is -1.60. The van der Waals surface area contributed by atoms with Gasteiger partial charge in [0.25, 0.3) is 0 Å². The Labute approximate surface area is 88.5 Å². The van der Waals surface area contributed by atoms with Crippen LogP contribution in [0.15, 0.2) is 24.3 Å². The third-order valence-corrected chi connectivity index (χ3v) is 2.24. The Morgan fingerprint density at radius 1 is 1.67 bits per heavy atom. The van der Waals surface area contributed by atoms with Gasteiger partial charge in [-0.1, -0.05) is 18.2 Å². The molecular weight excluding hydrogens is 194 g/mol. The summed E-state index contributed by atoms with van der Waals surface area (Å²) >= 11 is 0. The molecule has 15 heavy (non-hydrogen) atoms. The summed E-state index contributed by atoms with van der Waals surface area (Å²) in [6.45, 7) is 2.01. The van der Waals surface area contributed by atoms with Crippen molar-refractivity contribution < 1.29 is 14.6 Å². The molecule has 2 unspecified atom stereocenters. The molecule has 0 fully saturated rings. The largest absolute Gasteiger partial charge is 0.466 e. The van der Waals surface area contributed by atoms with Crippen LogP contribution in [0.25, 0.3) is 0 Å². The third-order valence-electron chi connectivity index (χ3n) is 2.24. The zero-order chi connectivity index (χ0) is 11.3. The average Bonchev–Trinajstić information content (AvgIpc) is 2.22. The van der Waals surface area contributed by atoms with Crippen LogP contribution >= 0.6 is 0 Å². The van der Waals surface area contributed by atoms with Crippen LogP contribution in [0.5, 0.6) is 0 Å². The fourth-order valence-corrected chi connectivity index (χ4v) is 1.41. The van der Waals surface area contributed by atoms with Crippen LogP contribution < -0.4 is 0 Å². The van der Waals surface area contributed by atoms with E-state index in [0.29, 0.717) is 6.61 Å². The van der Waals surface area contributed by atoms with Crippen molar-refractivity contribution >= 4 is 5.97 Å². The molecule has 0 radical (unpaired) electrons. The van der Waals surface area contributed by atoms with Gasteiger partial charge in [-0.3, -0.25) is 4.79 Å². The van der Waals surface area contributed by atoms with E-state index in [1.165, 1.54) is 6.08 Å². The lowest BCUT2D eigenvalue weighted by molar-refractivity contribution is -0.145. The molecular formula is C11H13NO3. The molecule has 4 heteroatoms. The number of nitriles is 1. The molecule has 1 rings (SSSR count). The van der Waals surface area contributed by atoms with Crippen molar-refractivity contribution in [3.8, 4) is 6.07 Å². The fourth-order valence-electron chi connectivity index (χ4n) is 1.41. The maximum Gasteiger partial charge on any atom is 0.306 e. The van der Waals surface area contributed by atoms with Crippen LogP contribution in [-0.2, 0) is 9.53 Å². The molecule has 80 valence electrons. The predicted molar refractivity (Wildman–Crippen MR) is 53.6 cm³/mol. The molecule has 0 saturated heterocycles. The predicted octanol–water partition coefficient (Wildman–Crippen LogP) is 0.936. The number of hydrogen-bond donors (Lipinski definition) is 1. The van der Waals surface area contributed by atoms with Gasteiger partial charge in [-0.05, 0) is 13.0 Å². The molecule has 2 atom stereocenters. The van der Waals surface area contributed by atoms with E-state index in [-0.39, 0.29) is 6.42 Å². The smallest absolute Gasteiger partial charge is 0.306 e. The molecule has 0 amide bonds. The summed E-state index contributed by atoms with van der Waals surface area (Å²) in [5.74, 6) is -0.942. The molecule has 0 saturated carbocycles. The van der Waals surface area contributed by atoms with Gasteiger partial charge in [-0.25, -0.2) is 0 Å². The molecule has 0 aromatic heterocycles. The average molecular weight is 207 g/mol. The van der Waals surface area contributed by atoms with Crippen molar-refractivity contribution in [2.75, 3.05) is 6.61 Å². The highest BCUT2D eigenvalue weighted by Gasteiger charge is 2.35. The number of nitrogens with zero attached hydrogens (tertiary/aromatic N) is 1. The van der Waals surface area contributed by atoms with Gasteiger partial charge in [0, 0.05) is 5.92 Å². The van der Waals surface area contributed by atoms with E-state index in [1.54, 1.807) is 31.2 Å². The SMILES string of the molecule is CCOC(=O)CC1C=CC=CC1(O)C#N. The number of aliphatic hydroxyl groups is 1. The van der Waals surface area contributed by atoms with E-state index >= 15 is 0 Å². The minimum absolute atomic E-state index is 0.0126. The Bertz CT molecular complexity index is 340. The number of carbonyl (C=O) groups is 1. The molecule has 1 aliphatic carbocycles. The van der Waals surface area contributed by atoms with Gasteiger partial charge in [0.2, 0.25) is 0 Å². The van der Waals surface area contributed by atoms with Gasteiger partial charge >= 0.3 is 5.97 Å². The molecule has 0 heterocycles. The Morgan fingerprint density at radius 3 is 3.00 bits per heavy atom. The maximum atomic E-state index is 11.2. The number of allylic oxidation sites excluding steroid dienone is 2. The summed E-state index contributed by atoms with van der Waals surface area (Å²) in [5.41, 5.74) is -1.60. The quantitative estimate of drug-likeness (QED) is 0.552. The lowest BCUT2D eigenvalue weighted by Gasteiger charge is -2.26. The summed E-state index contributed by atoms with van der Waals surface area (Å²) in [6, 6.07) is 1.79. The van der Waals surface area contributed by atoms with E-state index in [0.717, 1.165) is 0 Å². The highest BCUT2D eigenvalue weighted by atomic mass is 16.5. The van der Waals surface area contributed by atoms with Gasteiger partial charge in [-0.15, -0.1) is 0 Å². The van der Waals surface area contributed by atoms with Crippen LogP contribution in [-0.4, -0.2) is 23.3 Å². The highest BCUT2D eigenvalue weighted by molar-refractivity contribution is 5.70. The summed E-state index contributed by atoms with van der Waals surface area (Å²) in [4.78, 5) is 11.2. The lowest BCUT2D eigenvalue weighted by Crippen LogP contribution is -2.36. The third kappa shape index (κ3) is 2.67. The van der Waals surface area contributed by atoms with Gasteiger partial charge < -0.3 is 9.84 Å².